The summed E-state index contributed by atoms with van der Waals surface area (Å²) >= 11 is 0. The van der Waals surface area contributed by atoms with Crippen LogP contribution >= 0.6 is 0 Å². The van der Waals surface area contributed by atoms with E-state index in [1.165, 1.54) is 0 Å². The summed E-state index contributed by atoms with van der Waals surface area (Å²) in [5.74, 6) is 8.31. The molecule has 3 aliphatic rings. The second kappa shape index (κ2) is 7.36. The third kappa shape index (κ3) is 4.35. The van der Waals surface area contributed by atoms with Gasteiger partial charge >= 0.3 is 5.97 Å². The number of benzene rings is 1. The van der Waals surface area contributed by atoms with Gasteiger partial charge in [0, 0.05) is 17.0 Å². The van der Waals surface area contributed by atoms with Crippen molar-refractivity contribution in [2.45, 2.75) is 51.5 Å². The Morgan fingerprint density at radius 1 is 1.08 bits per heavy atom. The highest BCUT2D eigenvalue weighted by Crippen LogP contribution is 2.43. The van der Waals surface area contributed by atoms with Gasteiger partial charge in [0.15, 0.2) is 0 Å². The van der Waals surface area contributed by atoms with Crippen molar-refractivity contribution >= 4 is 8.07 Å². The average molecular weight is 355 g/mol. The highest BCUT2D eigenvalue weighted by atomic mass is 28.3. The van der Waals surface area contributed by atoms with Crippen molar-refractivity contribution in [3.8, 4) is 23.3 Å². The van der Waals surface area contributed by atoms with Gasteiger partial charge in [-0.3, -0.25) is 0 Å². The summed E-state index contributed by atoms with van der Waals surface area (Å²) in [5, 5.41) is 0. The number of hydrogen-bond acceptors (Lipinski definition) is 3. The van der Waals surface area contributed by atoms with Crippen LogP contribution in [0.2, 0.25) is 19.6 Å². The summed E-state index contributed by atoms with van der Waals surface area (Å²) in [7, 11) is -1.36. The molecule has 3 nitrogen and oxygen atoms in total. The van der Waals surface area contributed by atoms with E-state index in [2.05, 4.69) is 49.9 Å². The lowest BCUT2D eigenvalue weighted by Gasteiger charge is -2.49. The van der Waals surface area contributed by atoms with Gasteiger partial charge in [0.05, 0.1) is 19.3 Å². The Balaban J connectivity index is 1.74. The van der Waals surface area contributed by atoms with Crippen LogP contribution in [0.5, 0.6) is 0 Å². The molecule has 0 radical (unpaired) electrons. The van der Waals surface area contributed by atoms with Crippen molar-refractivity contribution in [2.75, 3.05) is 13.2 Å². The first-order chi connectivity index (χ1) is 11.9. The minimum atomic E-state index is -1.36. The molecule has 0 N–H and O–H groups in total. The van der Waals surface area contributed by atoms with E-state index in [9.17, 15) is 0 Å². The van der Waals surface area contributed by atoms with Crippen LogP contribution in [0.15, 0.2) is 24.3 Å². The number of hydrogen-bond donors (Lipinski definition) is 0. The number of fused-ring (bicyclic) bond motifs is 3. The molecule has 1 atom stereocenters. The van der Waals surface area contributed by atoms with Gasteiger partial charge in [-0.1, -0.05) is 38.9 Å². The van der Waals surface area contributed by atoms with Crippen LogP contribution in [0.3, 0.4) is 0 Å². The third-order valence-corrected chi connectivity index (χ3v) is 5.20. The Morgan fingerprint density at radius 3 is 2.36 bits per heavy atom. The second-order valence-electron chi connectivity index (χ2n) is 7.71. The van der Waals surface area contributed by atoms with Gasteiger partial charge in [0.2, 0.25) is 0 Å². The molecule has 1 aromatic carbocycles. The van der Waals surface area contributed by atoms with Crippen LogP contribution in [0, 0.1) is 29.2 Å². The van der Waals surface area contributed by atoms with Gasteiger partial charge in [0.25, 0.3) is 0 Å². The molecule has 1 unspecified atom stereocenters. The predicted octanol–water partition coefficient (Wildman–Crippen LogP) is 3.89. The Hall–Kier alpha value is -1.56. The normalized spacial score (nSPS) is 27.8. The van der Waals surface area contributed by atoms with E-state index in [0.29, 0.717) is 19.1 Å². The lowest BCUT2D eigenvalue weighted by molar-refractivity contribution is -0.479. The number of ether oxygens (including phenoxy) is 3. The van der Waals surface area contributed by atoms with Crippen molar-refractivity contribution in [1.82, 2.24) is 0 Å². The van der Waals surface area contributed by atoms with Gasteiger partial charge in [-0.2, -0.15) is 0 Å². The van der Waals surface area contributed by atoms with Crippen molar-refractivity contribution in [2.24, 2.45) is 5.92 Å². The summed E-state index contributed by atoms with van der Waals surface area (Å²) in [6.45, 7) is 10.2. The molecule has 0 amide bonds. The zero-order chi connectivity index (χ0) is 17.9. The van der Waals surface area contributed by atoms with E-state index in [-0.39, 0.29) is 6.10 Å². The molecule has 3 heterocycles. The molecular weight excluding hydrogens is 328 g/mol. The van der Waals surface area contributed by atoms with Crippen molar-refractivity contribution in [3.05, 3.63) is 35.4 Å². The fourth-order valence-corrected chi connectivity index (χ4v) is 3.43. The molecular formula is C21H26O3Si. The summed E-state index contributed by atoms with van der Waals surface area (Å²) in [5.41, 5.74) is 5.07. The summed E-state index contributed by atoms with van der Waals surface area (Å²) in [4.78, 5) is 0. The molecule has 2 bridgehead atoms. The van der Waals surface area contributed by atoms with Gasteiger partial charge in [-0.05, 0) is 42.5 Å². The van der Waals surface area contributed by atoms with Crippen molar-refractivity contribution in [1.29, 1.82) is 0 Å². The third-order valence-electron chi connectivity index (χ3n) is 4.33. The minimum Gasteiger partial charge on any atom is -0.323 e. The maximum absolute atomic E-state index is 6.18. The Labute approximate surface area is 152 Å². The molecule has 3 aliphatic heterocycles. The van der Waals surface area contributed by atoms with Crippen molar-refractivity contribution < 1.29 is 14.2 Å². The highest BCUT2D eigenvalue weighted by Gasteiger charge is 2.50. The highest BCUT2D eigenvalue weighted by molar-refractivity contribution is 6.83. The van der Waals surface area contributed by atoms with E-state index in [1.807, 2.05) is 24.3 Å². The number of rotatable bonds is 3. The summed E-state index contributed by atoms with van der Waals surface area (Å²) < 4.78 is 18.0. The lowest BCUT2D eigenvalue weighted by Crippen LogP contribution is -2.56. The molecule has 3 fully saturated rings. The van der Waals surface area contributed by atoms with Gasteiger partial charge < -0.3 is 14.2 Å². The summed E-state index contributed by atoms with van der Waals surface area (Å²) in [6.07, 6.45) is 2.35. The largest absolute Gasteiger partial charge is 0.323 e. The predicted molar refractivity (Wildman–Crippen MR) is 101 cm³/mol. The van der Waals surface area contributed by atoms with E-state index < -0.39 is 14.0 Å². The van der Waals surface area contributed by atoms with Crippen LogP contribution in [-0.4, -0.2) is 27.4 Å². The molecule has 0 aromatic heterocycles. The molecule has 3 saturated heterocycles. The molecule has 4 heteroatoms. The van der Waals surface area contributed by atoms with Crippen LogP contribution in [0.4, 0.5) is 0 Å². The molecule has 132 valence electrons. The monoisotopic (exact) mass is 354 g/mol. The zero-order valence-electron chi connectivity index (χ0n) is 15.5. The molecule has 0 saturated carbocycles. The molecule has 25 heavy (non-hydrogen) atoms. The van der Waals surface area contributed by atoms with Gasteiger partial charge in [0.1, 0.15) is 8.07 Å². The van der Waals surface area contributed by atoms with E-state index in [1.54, 1.807) is 0 Å². The van der Waals surface area contributed by atoms with Crippen LogP contribution < -0.4 is 0 Å². The van der Waals surface area contributed by atoms with E-state index >= 15 is 0 Å². The van der Waals surface area contributed by atoms with Crippen molar-refractivity contribution in [3.63, 3.8) is 0 Å². The molecule has 4 rings (SSSR count). The smallest absolute Gasteiger partial charge is 0.312 e. The molecule has 0 aliphatic carbocycles. The molecule has 1 aromatic rings. The first kappa shape index (κ1) is 18.2. The maximum Gasteiger partial charge on any atom is 0.312 e. The maximum atomic E-state index is 6.18. The first-order valence-corrected chi connectivity index (χ1v) is 12.5. The van der Waals surface area contributed by atoms with Crippen LogP contribution in [0.1, 0.15) is 30.9 Å². The SMILES string of the molecule is CCCC1OC2(c3ccc(C#CC#C[Si](C)(C)C)cc3)OCC1CO2. The first-order valence-electron chi connectivity index (χ1n) is 9.01. The van der Waals surface area contributed by atoms with E-state index in [0.717, 1.165) is 24.0 Å². The van der Waals surface area contributed by atoms with Gasteiger partial charge in [-0.25, -0.2) is 0 Å². The van der Waals surface area contributed by atoms with Crippen LogP contribution in [0.25, 0.3) is 0 Å². The Bertz CT molecular complexity index is 717. The molecule has 0 spiro atoms. The standard InChI is InChI=1S/C21H26O3Si/c1-5-8-20-18-15-22-21(24-20,23-16-18)19-12-10-17(11-13-19)9-6-7-14-25(2,3)4/h10-13,18,20H,5,8,15-16H2,1-4H3. The van der Waals surface area contributed by atoms with Crippen LogP contribution in [-0.2, 0) is 20.2 Å². The lowest BCUT2D eigenvalue weighted by atomic mass is 9.96. The van der Waals surface area contributed by atoms with Gasteiger partial charge in [-0.15, -0.1) is 5.54 Å². The second-order valence-corrected chi connectivity index (χ2v) is 12.5. The van der Waals surface area contributed by atoms with E-state index in [4.69, 9.17) is 14.2 Å². The quantitative estimate of drug-likeness (QED) is 0.609. The average Bonchev–Trinajstić information content (AvgIpc) is 2.60. The minimum absolute atomic E-state index is 0.212. The fourth-order valence-electron chi connectivity index (χ4n) is 3.00. The zero-order valence-corrected chi connectivity index (χ0v) is 16.5. The Kier molecular flexibility index (Phi) is 5.37. The summed E-state index contributed by atoms with van der Waals surface area (Å²) in [6, 6.07) is 7.90. The fraction of sp³-hybridized carbons (Fsp3) is 0.524. The Morgan fingerprint density at radius 2 is 1.76 bits per heavy atom. The topological polar surface area (TPSA) is 27.7 Å².